The molecule has 0 fully saturated rings. The smallest absolute Gasteiger partial charge is 0.238 e. The van der Waals surface area contributed by atoms with E-state index in [2.05, 4.69) is 76.2 Å². The quantitative estimate of drug-likeness (QED) is 0.641. The van der Waals surface area contributed by atoms with E-state index in [4.69, 9.17) is 14.8 Å². The van der Waals surface area contributed by atoms with E-state index in [9.17, 15) is 0 Å². The number of ether oxygens (including phenoxy) is 1. The van der Waals surface area contributed by atoms with Crippen molar-refractivity contribution in [2.45, 2.75) is 45.7 Å². The van der Waals surface area contributed by atoms with Crippen LogP contribution >= 0.6 is 0 Å². The van der Waals surface area contributed by atoms with Crippen molar-refractivity contribution in [3.63, 3.8) is 0 Å². The highest BCUT2D eigenvalue weighted by molar-refractivity contribution is 5.93. The molecule has 0 saturated heterocycles. The SMILES string of the molecule is Cc1cc(C2=NC(c3ccc(C(C)(C)C)cc3)CO2)nn1Cc1ccccc1. The van der Waals surface area contributed by atoms with Crippen molar-refractivity contribution in [2.75, 3.05) is 6.61 Å². The molecule has 4 rings (SSSR count). The van der Waals surface area contributed by atoms with Crippen LogP contribution in [0.5, 0.6) is 0 Å². The summed E-state index contributed by atoms with van der Waals surface area (Å²) in [6, 6.07) is 21.2. The topological polar surface area (TPSA) is 39.4 Å². The zero-order chi connectivity index (χ0) is 19.7. The van der Waals surface area contributed by atoms with Crippen LogP contribution in [0.15, 0.2) is 65.7 Å². The molecule has 0 saturated carbocycles. The molecule has 4 nitrogen and oxygen atoms in total. The second-order valence-electron chi connectivity index (χ2n) is 8.45. The van der Waals surface area contributed by atoms with Crippen LogP contribution in [-0.2, 0) is 16.7 Å². The Balaban J connectivity index is 1.52. The number of aryl methyl sites for hydroxylation is 1. The monoisotopic (exact) mass is 373 g/mol. The Labute approximate surface area is 166 Å². The molecule has 3 aromatic rings. The van der Waals surface area contributed by atoms with Crippen molar-refractivity contribution in [3.8, 4) is 0 Å². The van der Waals surface area contributed by atoms with E-state index in [0.29, 0.717) is 12.5 Å². The second kappa shape index (κ2) is 7.27. The van der Waals surface area contributed by atoms with Gasteiger partial charge < -0.3 is 4.74 Å². The van der Waals surface area contributed by atoms with Gasteiger partial charge in [-0.15, -0.1) is 0 Å². The minimum atomic E-state index is 0.0311. The van der Waals surface area contributed by atoms with Crippen molar-refractivity contribution < 1.29 is 4.74 Å². The number of aliphatic imine (C=N–C) groups is 1. The standard InChI is InChI=1S/C24H27N3O/c1-17-14-21(26-27(17)15-18-8-6-5-7-9-18)23-25-22(16-28-23)19-10-12-20(13-11-19)24(2,3)4/h5-14,22H,15-16H2,1-4H3. The summed E-state index contributed by atoms with van der Waals surface area (Å²) in [6.45, 7) is 10.1. The number of hydrogen-bond acceptors (Lipinski definition) is 3. The first-order chi connectivity index (χ1) is 13.4. The lowest BCUT2D eigenvalue weighted by molar-refractivity contribution is 0.318. The molecular formula is C24H27N3O. The largest absolute Gasteiger partial charge is 0.474 e. The predicted molar refractivity (Wildman–Crippen MR) is 113 cm³/mol. The zero-order valence-electron chi connectivity index (χ0n) is 17.0. The maximum absolute atomic E-state index is 5.90. The molecule has 0 aliphatic carbocycles. The number of hydrogen-bond donors (Lipinski definition) is 0. The van der Waals surface area contributed by atoms with Crippen LogP contribution in [0.2, 0.25) is 0 Å². The van der Waals surface area contributed by atoms with Crippen molar-refractivity contribution in [3.05, 3.63) is 88.7 Å². The Hall–Kier alpha value is -2.88. The molecule has 0 N–H and O–H groups in total. The van der Waals surface area contributed by atoms with Gasteiger partial charge in [0.2, 0.25) is 5.90 Å². The molecule has 1 aromatic heterocycles. The average molecular weight is 374 g/mol. The summed E-state index contributed by atoms with van der Waals surface area (Å²) in [5, 5.41) is 4.72. The maximum atomic E-state index is 5.90. The van der Waals surface area contributed by atoms with Crippen LogP contribution in [-0.4, -0.2) is 22.3 Å². The van der Waals surface area contributed by atoms with Crippen LogP contribution < -0.4 is 0 Å². The molecule has 2 aromatic carbocycles. The number of aromatic nitrogens is 2. The Kier molecular flexibility index (Phi) is 4.80. The molecule has 1 aliphatic heterocycles. The van der Waals surface area contributed by atoms with Gasteiger partial charge >= 0.3 is 0 Å². The Morgan fingerprint density at radius 1 is 1.04 bits per heavy atom. The maximum Gasteiger partial charge on any atom is 0.238 e. The van der Waals surface area contributed by atoms with Gasteiger partial charge in [0.1, 0.15) is 18.3 Å². The lowest BCUT2D eigenvalue weighted by atomic mass is 9.86. The normalized spacial score (nSPS) is 16.7. The van der Waals surface area contributed by atoms with Crippen LogP contribution in [0.3, 0.4) is 0 Å². The van der Waals surface area contributed by atoms with E-state index >= 15 is 0 Å². The van der Waals surface area contributed by atoms with Gasteiger partial charge in [-0.3, -0.25) is 4.68 Å². The highest BCUT2D eigenvalue weighted by Crippen LogP contribution is 2.28. The summed E-state index contributed by atoms with van der Waals surface area (Å²) in [4.78, 5) is 4.80. The molecule has 0 spiro atoms. The Morgan fingerprint density at radius 2 is 1.75 bits per heavy atom. The van der Waals surface area contributed by atoms with Crippen LogP contribution in [0.25, 0.3) is 0 Å². The highest BCUT2D eigenvalue weighted by atomic mass is 16.5. The van der Waals surface area contributed by atoms with Gasteiger partial charge in [-0.2, -0.15) is 5.10 Å². The number of benzene rings is 2. The first-order valence-corrected chi connectivity index (χ1v) is 9.80. The minimum Gasteiger partial charge on any atom is -0.474 e. The van der Waals surface area contributed by atoms with Gasteiger partial charge in [0, 0.05) is 5.69 Å². The molecule has 144 valence electrons. The molecule has 0 radical (unpaired) electrons. The minimum absolute atomic E-state index is 0.0311. The van der Waals surface area contributed by atoms with E-state index in [1.165, 1.54) is 16.7 Å². The zero-order valence-corrected chi connectivity index (χ0v) is 17.0. The van der Waals surface area contributed by atoms with Crippen LogP contribution in [0.1, 0.15) is 54.9 Å². The van der Waals surface area contributed by atoms with Crippen molar-refractivity contribution in [1.82, 2.24) is 9.78 Å². The highest BCUT2D eigenvalue weighted by Gasteiger charge is 2.24. The van der Waals surface area contributed by atoms with Gasteiger partial charge in [-0.1, -0.05) is 75.4 Å². The number of rotatable bonds is 4. The molecule has 1 aliphatic rings. The van der Waals surface area contributed by atoms with Crippen LogP contribution in [0.4, 0.5) is 0 Å². The molecule has 4 heteroatoms. The van der Waals surface area contributed by atoms with Crippen molar-refractivity contribution in [1.29, 1.82) is 0 Å². The van der Waals surface area contributed by atoms with Crippen LogP contribution in [0, 0.1) is 6.92 Å². The molecule has 2 heterocycles. The molecule has 1 atom stereocenters. The summed E-state index contributed by atoms with van der Waals surface area (Å²) < 4.78 is 7.90. The van der Waals surface area contributed by atoms with E-state index in [1.807, 2.05) is 16.8 Å². The summed E-state index contributed by atoms with van der Waals surface area (Å²) in [6.07, 6.45) is 0. The van der Waals surface area contributed by atoms with Gasteiger partial charge in [0.05, 0.1) is 6.54 Å². The number of nitrogens with zero attached hydrogens (tertiary/aromatic N) is 3. The summed E-state index contributed by atoms with van der Waals surface area (Å²) in [5.74, 6) is 0.639. The fourth-order valence-electron chi connectivity index (χ4n) is 3.42. The molecule has 0 bridgehead atoms. The van der Waals surface area contributed by atoms with Crippen molar-refractivity contribution >= 4 is 5.90 Å². The average Bonchev–Trinajstić information content (AvgIpc) is 3.30. The third-order valence-electron chi connectivity index (χ3n) is 5.19. The third kappa shape index (κ3) is 3.86. The third-order valence-corrected chi connectivity index (χ3v) is 5.19. The lowest BCUT2D eigenvalue weighted by Gasteiger charge is -2.19. The van der Waals surface area contributed by atoms with E-state index in [0.717, 1.165) is 17.9 Å². The summed E-state index contributed by atoms with van der Waals surface area (Å²) in [5.41, 5.74) is 5.80. The first-order valence-electron chi connectivity index (χ1n) is 9.80. The lowest BCUT2D eigenvalue weighted by Crippen LogP contribution is -2.11. The first kappa shape index (κ1) is 18.5. The molecule has 28 heavy (non-hydrogen) atoms. The predicted octanol–water partition coefficient (Wildman–Crippen LogP) is 5.06. The second-order valence-corrected chi connectivity index (χ2v) is 8.45. The van der Waals surface area contributed by atoms with E-state index in [1.54, 1.807) is 0 Å². The van der Waals surface area contributed by atoms with E-state index in [-0.39, 0.29) is 11.5 Å². The summed E-state index contributed by atoms with van der Waals surface area (Å²) >= 11 is 0. The van der Waals surface area contributed by atoms with Gasteiger partial charge in [-0.05, 0) is 35.1 Å². The van der Waals surface area contributed by atoms with Crippen molar-refractivity contribution in [2.24, 2.45) is 4.99 Å². The Bertz CT molecular complexity index is 979. The van der Waals surface area contributed by atoms with E-state index < -0.39 is 0 Å². The van der Waals surface area contributed by atoms with Gasteiger partial charge in [0.25, 0.3) is 0 Å². The molecule has 0 amide bonds. The molecule has 1 unspecified atom stereocenters. The fraction of sp³-hybridized carbons (Fsp3) is 0.333. The van der Waals surface area contributed by atoms with Gasteiger partial charge in [0.15, 0.2) is 0 Å². The van der Waals surface area contributed by atoms with Gasteiger partial charge in [-0.25, -0.2) is 4.99 Å². The summed E-state index contributed by atoms with van der Waals surface area (Å²) in [7, 11) is 0. The Morgan fingerprint density at radius 3 is 2.43 bits per heavy atom. The fourth-order valence-corrected chi connectivity index (χ4v) is 3.42. The molecular weight excluding hydrogens is 346 g/mol.